The lowest BCUT2D eigenvalue weighted by Crippen LogP contribution is -2.49. The first kappa shape index (κ1) is 20.1. The minimum atomic E-state index is -0.423. The Morgan fingerprint density at radius 1 is 1.20 bits per heavy atom. The molecule has 1 aliphatic heterocycles. The molecule has 8 heteroatoms. The molecule has 3 N–H and O–H groups in total. The molecule has 5 amide bonds. The minimum absolute atomic E-state index is 0.139. The number of pyridine rings is 1. The molecule has 0 radical (unpaired) electrons. The molecule has 0 spiro atoms. The Kier molecular flexibility index (Phi) is 5.83. The van der Waals surface area contributed by atoms with E-state index in [0.29, 0.717) is 18.8 Å². The van der Waals surface area contributed by atoms with Crippen molar-refractivity contribution >= 4 is 34.6 Å². The first-order valence-corrected chi connectivity index (χ1v) is 10.6. The molecule has 30 heavy (non-hydrogen) atoms. The fourth-order valence-electron chi connectivity index (χ4n) is 4.15. The Hall–Kier alpha value is -3.16. The number of amides is 5. The van der Waals surface area contributed by atoms with E-state index in [0.717, 1.165) is 35.0 Å². The number of carbonyl (C=O) groups excluding carboxylic acids is 3. The van der Waals surface area contributed by atoms with E-state index in [4.69, 9.17) is 0 Å². The van der Waals surface area contributed by atoms with Gasteiger partial charge in [0.2, 0.25) is 5.91 Å². The van der Waals surface area contributed by atoms with Gasteiger partial charge in [-0.2, -0.15) is 0 Å². The number of urea groups is 2. The number of benzene rings is 1. The molecule has 0 unspecified atom stereocenters. The molecule has 1 aromatic heterocycles. The largest absolute Gasteiger partial charge is 0.335 e. The highest BCUT2D eigenvalue weighted by atomic mass is 16.2. The van der Waals surface area contributed by atoms with E-state index >= 15 is 0 Å². The summed E-state index contributed by atoms with van der Waals surface area (Å²) in [5.41, 5.74) is 3.19. The van der Waals surface area contributed by atoms with Crippen LogP contribution in [0.1, 0.15) is 49.8 Å². The van der Waals surface area contributed by atoms with Crippen molar-refractivity contribution in [1.29, 1.82) is 0 Å². The van der Waals surface area contributed by atoms with Gasteiger partial charge in [-0.25, -0.2) is 9.59 Å². The van der Waals surface area contributed by atoms with Gasteiger partial charge in [-0.05, 0) is 43.5 Å². The second-order valence-electron chi connectivity index (χ2n) is 8.04. The summed E-state index contributed by atoms with van der Waals surface area (Å²) in [6.45, 7) is 2.60. The molecule has 0 atom stereocenters. The molecule has 2 aromatic rings. The highest BCUT2D eigenvalue weighted by Gasteiger charge is 2.26. The van der Waals surface area contributed by atoms with E-state index in [9.17, 15) is 14.4 Å². The number of aryl methyl sites for hydroxylation is 1. The topological polar surface area (TPSA) is 103 Å². The maximum atomic E-state index is 12.2. The third-order valence-corrected chi connectivity index (χ3v) is 5.78. The monoisotopic (exact) mass is 409 g/mol. The van der Waals surface area contributed by atoms with Crippen molar-refractivity contribution in [3.8, 4) is 0 Å². The van der Waals surface area contributed by atoms with Gasteiger partial charge in [-0.3, -0.25) is 20.0 Å². The maximum Gasteiger partial charge on any atom is 0.328 e. The molecule has 8 nitrogen and oxygen atoms in total. The zero-order chi connectivity index (χ0) is 21.1. The zero-order valence-corrected chi connectivity index (χ0v) is 17.2. The number of carbonyl (C=O) groups is 3. The smallest absolute Gasteiger partial charge is 0.328 e. The standard InChI is InChI=1S/C22H27N5O3/c1-14-19(27-10-9-20(28)26-22(27)30)12-16-11-15(7-8-18(16)24-14)13-23-21(29)25-17-5-3-2-4-6-17/h7-8,11-12,17H,2-6,9-10,13H2,1H3,(H2,23,25,29)(H,26,28,30). The molecule has 2 heterocycles. The maximum absolute atomic E-state index is 12.2. The SMILES string of the molecule is Cc1nc2ccc(CNC(=O)NC3CCCCC3)cc2cc1N1CCC(=O)NC1=O. The first-order valence-electron chi connectivity index (χ1n) is 10.6. The van der Waals surface area contributed by atoms with Crippen molar-refractivity contribution in [1.82, 2.24) is 20.9 Å². The van der Waals surface area contributed by atoms with Crippen LogP contribution < -0.4 is 20.9 Å². The van der Waals surface area contributed by atoms with Crippen LogP contribution in [-0.4, -0.2) is 35.5 Å². The number of fused-ring (bicyclic) bond motifs is 1. The fraction of sp³-hybridized carbons (Fsp3) is 0.455. The molecule has 4 rings (SSSR count). The average molecular weight is 409 g/mol. The normalized spacial score (nSPS) is 17.7. The van der Waals surface area contributed by atoms with Crippen LogP contribution in [0.2, 0.25) is 0 Å². The number of aromatic nitrogens is 1. The van der Waals surface area contributed by atoms with E-state index in [1.165, 1.54) is 19.3 Å². The number of hydrogen-bond acceptors (Lipinski definition) is 4. The third kappa shape index (κ3) is 4.53. The van der Waals surface area contributed by atoms with E-state index < -0.39 is 6.03 Å². The van der Waals surface area contributed by atoms with Gasteiger partial charge < -0.3 is 10.6 Å². The lowest BCUT2D eigenvalue weighted by Gasteiger charge is -2.27. The summed E-state index contributed by atoms with van der Waals surface area (Å²) in [6.07, 6.45) is 5.96. The Labute approximate surface area is 175 Å². The molecule has 2 aliphatic rings. The third-order valence-electron chi connectivity index (χ3n) is 5.78. The predicted molar refractivity (Wildman–Crippen MR) is 114 cm³/mol. The quantitative estimate of drug-likeness (QED) is 0.722. The van der Waals surface area contributed by atoms with Gasteiger partial charge >= 0.3 is 12.1 Å². The lowest BCUT2D eigenvalue weighted by atomic mass is 9.96. The first-order chi connectivity index (χ1) is 14.5. The van der Waals surface area contributed by atoms with Crippen molar-refractivity contribution in [2.75, 3.05) is 11.4 Å². The summed E-state index contributed by atoms with van der Waals surface area (Å²) >= 11 is 0. The van der Waals surface area contributed by atoms with Gasteiger partial charge in [0.25, 0.3) is 0 Å². The highest BCUT2D eigenvalue weighted by Crippen LogP contribution is 2.26. The van der Waals surface area contributed by atoms with Gasteiger partial charge in [0.1, 0.15) is 0 Å². The fourth-order valence-corrected chi connectivity index (χ4v) is 4.15. The molecule has 0 bridgehead atoms. The Bertz CT molecular complexity index is 984. The molecular weight excluding hydrogens is 382 g/mol. The van der Waals surface area contributed by atoms with Crippen molar-refractivity contribution in [2.45, 2.75) is 58.0 Å². The lowest BCUT2D eigenvalue weighted by molar-refractivity contribution is -0.120. The summed E-state index contributed by atoms with van der Waals surface area (Å²) < 4.78 is 0. The molecule has 1 saturated carbocycles. The van der Waals surface area contributed by atoms with Crippen LogP contribution in [0.5, 0.6) is 0 Å². The Balaban J connectivity index is 1.46. The van der Waals surface area contributed by atoms with Crippen molar-refractivity contribution in [2.24, 2.45) is 0 Å². The van der Waals surface area contributed by atoms with Crippen LogP contribution in [0.25, 0.3) is 10.9 Å². The van der Waals surface area contributed by atoms with Gasteiger partial charge in [0, 0.05) is 30.9 Å². The molecular formula is C22H27N5O3. The summed E-state index contributed by atoms with van der Waals surface area (Å²) in [7, 11) is 0. The number of anilines is 1. The summed E-state index contributed by atoms with van der Waals surface area (Å²) in [4.78, 5) is 42.0. The summed E-state index contributed by atoms with van der Waals surface area (Å²) in [5.74, 6) is -0.262. The number of nitrogens with one attached hydrogen (secondary N) is 3. The highest BCUT2D eigenvalue weighted by molar-refractivity contribution is 6.06. The van der Waals surface area contributed by atoms with E-state index in [2.05, 4.69) is 20.9 Å². The molecule has 1 aliphatic carbocycles. The van der Waals surface area contributed by atoms with E-state index in [-0.39, 0.29) is 24.4 Å². The van der Waals surface area contributed by atoms with Crippen LogP contribution >= 0.6 is 0 Å². The van der Waals surface area contributed by atoms with Crippen LogP contribution in [0.3, 0.4) is 0 Å². The molecule has 2 fully saturated rings. The van der Waals surface area contributed by atoms with Gasteiger partial charge in [0.05, 0.1) is 16.9 Å². The number of imide groups is 1. The van der Waals surface area contributed by atoms with E-state index in [1.807, 2.05) is 31.2 Å². The van der Waals surface area contributed by atoms with Gasteiger partial charge in [-0.1, -0.05) is 25.3 Å². The second kappa shape index (κ2) is 8.69. The van der Waals surface area contributed by atoms with Crippen molar-refractivity contribution in [3.63, 3.8) is 0 Å². The molecule has 158 valence electrons. The Morgan fingerprint density at radius 2 is 2.00 bits per heavy atom. The number of nitrogens with zero attached hydrogens (tertiary/aromatic N) is 2. The molecule has 1 aromatic carbocycles. The van der Waals surface area contributed by atoms with Gasteiger partial charge in [0.15, 0.2) is 0 Å². The van der Waals surface area contributed by atoms with Gasteiger partial charge in [-0.15, -0.1) is 0 Å². The van der Waals surface area contributed by atoms with Crippen LogP contribution in [-0.2, 0) is 11.3 Å². The van der Waals surface area contributed by atoms with Crippen LogP contribution in [0.4, 0.5) is 15.3 Å². The predicted octanol–water partition coefficient (Wildman–Crippen LogP) is 3.12. The minimum Gasteiger partial charge on any atom is -0.335 e. The second-order valence-corrected chi connectivity index (χ2v) is 8.04. The molecule has 1 saturated heterocycles. The van der Waals surface area contributed by atoms with Crippen molar-refractivity contribution in [3.05, 3.63) is 35.5 Å². The van der Waals surface area contributed by atoms with E-state index in [1.54, 1.807) is 4.90 Å². The van der Waals surface area contributed by atoms with Crippen LogP contribution in [0, 0.1) is 6.92 Å². The number of rotatable bonds is 4. The summed E-state index contributed by atoms with van der Waals surface area (Å²) in [5, 5.41) is 9.21. The zero-order valence-electron chi connectivity index (χ0n) is 17.2. The van der Waals surface area contributed by atoms with Crippen molar-refractivity contribution < 1.29 is 14.4 Å². The number of hydrogen-bond donors (Lipinski definition) is 3. The summed E-state index contributed by atoms with van der Waals surface area (Å²) in [6, 6.07) is 7.46. The average Bonchev–Trinajstić information content (AvgIpc) is 2.73. The Morgan fingerprint density at radius 3 is 2.77 bits per heavy atom. The van der Waals surface area contributed by atoms with Crippen LogP contribution in [0.15, 0.2) is 24.3 Å².